The van der Waals surface area contributed by atoms with Gasteiger partial charge in [0.2, 0.25) is 11.6 Å². The second kappa shape index (κ2) is 17.7. The molecule has 62 heavy (non-hydrogen) atoms. The molecule has 1 aliphatic carbocycles. The van der Waals surface area contributed by atoms with Crippen LogP contribution in [0.5, 0.6) is 11.5 Å². The third-order valence-electron chi connectivity index (χ3n) is 12.3. The molecule has 3 aromatic carbocycles. The lowest BCUT2D eigenvalue weighted by molar-refractivity contribution is -0.401. The maximum Gasteiger partial charge on any atom is 0.279 e. The summed E-state index contributed by atoms with van der Waals surface area (Å²) >= 11 is 0. The Kier molecular flexibility index (Phi) is 13.2. The first-order chi connectivity index (χ1) is 29.1. The number of likely N-dealkylation sites (N-methyl/N-ethyl adjacent to an activating group) is 2. The molecule has 3 aliphatic rings. The van der Waals surface area contributed by atoms with Gasteiger partial charge >= 0.3 is 0 Å². The van der Waals surface area contributed by atoms with Crippen LogP contribution in [0.3, 0.4) is 0 Å². The molecule has 1 amide bonds. The summed E-state index contributed by atoms with van der Waals surface area (Å²) in [5.74, 6) is -2.21. The molecule has 3 aromatic rings. The predicted octanol–water partition coefficient (Wildman–Crippen LogP) is 4.44. The summed E-state index contributed by atoms with van der Waals surface area (Å²) in [6.07, 6.45) is 2.66. The number of hydrogen-bond acceptors (Lipinski definition) is 12. The minimum absolute atomic E-state index is 0.0864. The van der Waals surface area contributed by atoms with E-state index in [0.717, 1.165) is 33.9 Å². The van der Waals surface area contributed by atoms with Crippen LogP contribution >= 0.6 is 0 Å². The summed E-state index contributed by atoms with van der Waals surface area (Å²) in [7, 11) is 2.36. The summed E-state index contributed by atoms with van der Waals surface area (Å²) in [6.45, 7) is 10.6. The van der Waals surface area contributed by atoms with Gasteiger partial charge < -0.3 is 29.7 Å². The number of amides is 1. The molecule has 6 rings (SSSR count). The number of Topliss-reactive ketones (excluding diaryl/α,β-unsaturated/α-hetero) is 1. The summed E-state index contributed by atoms with van der Waals surface area (Å²) < 4.78 is 48.2. The number of nitro groups is 1. The smallest absolute Gasteiger partial charge is 0.279 e. The third kappa shape index (κ3) is 9.04. The van der Waals surface area contributed by atoms with E-state index in [2.05, 4.69) is 55.4 Å². The van der Waals surface area contributed by atoms with Gasteiger partial charge in [0.1, 0.15) is 19.7 Å². The van der Waals surface area contributed by atoms with Gasteiger partial charge in [-0.15, -0.1) is 0 Å². The van der Waals surface area contributed by atoms with Gasteiger partial charge in [0.15, 0.2) is 23.0 Å². The summed E-state index contributed by atoms with van der Waals surface area (Å²) in [5, 5.41) is 27.7. The van der Waals surface area contributed by atoms with Gasteiger partial charge in [-0.05, 0) is 45.5 Å². The van der Waals surface area contributed by atoms with Crippen molar-refractivity contribution >= 4 is 44.6 Å². The second-order valence-electron chi connectivity index (χ2n) is 17.2. The lowest BCUT2D eigenvalue weighted by atomic mass is 9.69. The minimum Gasteiger partial charge on any atom is -0.493 e. The number of rotatable bonds is 17. The van der Waals surface area contributed by atoms with Crippen molar-refractivity contribution in [1.29, 1.82) is 0 Å². The molecule has 4 atom stereocenters. The highest BCUT2D eigenvalue weighted by atomic mass is 32.2. The molecule has 4 N–H and O–H groups in total. The molecule has 16 nitrogen and oxygen atoms in total. The minimum atomic E-state index is -4.68. The molecular weight excluding hydrogens is 817 g/mol. The van der Waals surface area contributed by atoms with E-state index in [1.807, 2.05) is 72.1 Å². The number of nitrogens with one attached hydrogen (secondary N) is 2. The number of allylic oxidation sites excluding steroid dienone is 2. The number of para-hydroxylation sites is 2. The normalized spacial score (nSPS) is 21.2. The fourth-order valence-corrected chi connectivity index (χ4v) is 9.54. The Balaban J connectivity index is 1.21. The van der Waals surface area contributed by atoms with Gasteiger partial charge in [-0.25, -0.2) is 0 Å². The van der Waals surface area contributed by atoms with Crippen LogP contribution in [0.15, 0.2) is 84.1 Å². The number of carbonyl (C=O) groups excluding carboxylic acids is 2. The fourth-order valence-electron chi connectivity index (χ4n) is 8.87. The lowest BCUT2D eigenvalue weighted by Gasteiger charge is -2.40. The Morgan fingerprint density at radius 1 is 1.06 bits per heavy atom. The van der Waals surface area contributed by atoms with Crippen molar-refractivity contribution in [3.05, 3.63) is 111 Å². The average molecular weight is 874 g/mol. The van der Waals surface area contributed by atoms with Crippen LogP contribution in [-0.4, -0.2) is 122 Å². The summed E-state index contributed by atoms with van der Waals surface area (Å²) in [4.78, 5) is 43.2. The SMILES string of the molecule is COc1cc(C(C)O)c([N+](=O)[O-])cc1OCCN(C)CCNC(=O)C(CS(=O)(=O)O)NC1C(=CC2=[N+](C)c3ccccc3C2(C)C)C(=O)C1C=C1N(C)c2ccccc2C1(C)C. The van der Waals surface area contributed by atoms with E-state index in [1.54, 1.807) is 7.05 Å². The number of aliphatic hydroxyl groups excluding tert-OH is 1. The van der Waals surface area contributed by atoms with Crippen LogP contribution in [0.1, 0.15) is 57.4 Å². The van der Waals surface area contributed by atoms with Crippen LogP contribution in [0.25, 0.3) is 0 Å². The van der Waals surface area contributed by atoms with Gasteiger partial charge in [0, 0.05) is 66.8 Å². The van der Waals surface area contributed by atoms with Crippen LogP contribution in [0.2, 0.25) is 0 Å². The molecule has 0 bridgehead atoms. The van der Waals surface area contributed by atoms with Gasteiger partial charge in [0.05, 0.1) is 52.9 Å². The zero-order valence-corrected chi connectivity index (χ0v) is 37.4. The van der Waals surface area contributed by atoms with Crippen LogP contribution < -0.4 is 25.0 Å². The zero-order valence-electron chi connectivity index (χ0n) is 36.6. The average Bonchev–Trinajstić information content (AvgIpc) is 3.53. The highest BCUT2D eigenvalue weighted by Crippen LogP contribution is 2.49. The molecule has 332 valence electrons. The molecule has 2 aliphatic heterocycles. The number of benzene rings is 3. The molecule has 1 saturated carbocycles. The van der Waals surface area contributed by atoms with E-state index < -0.39 is 61.6 Å². The number of fused-ring (bicyclic) bond motifs is 2. The van der Waals surface area contributed by atoms with E-state index in [-0.39, 0.29) is 41.7 Å². The second-order valence-corrected chi connectivity index (χ2v) is 18.7. The van der Waals surface area contributed by atoms with Crippen molar-refractivity contribution in [2.75, 3.05) is 65.1 Å². The molecule has 0 radical (unpaired) electrons. The van der Waals surface area contributed by atoms with E-state index in [0.29, 0.717) is 18.7 Å². The summed E-state index contributed by atoms with van der Waals surface area (Å²) in [6, 6.07) is 16.4. The predicted molar refractivity (Wildman–Crippen MR) is 236 cm³/mol. The molecule has 0 aromatic heterocycles. The van der Waals surface area contributed by atoms with Crippen molar-refractivity contribution in [1.82, 2.24) is 15.5 Å². The Labute approximate surface area is 362 Å². The van der Waals surface area contributed by atoms with Crippen molar-refractivity contribution in [2.24, 2.45) is 5.92 Å². The number of aliphatic hydroxyl groups is 1. The number of hydrogen-bond donors (Lipinski definition) is 4. The van der Waals surface area contributed by atoms with E-state index in [1.165, 1.54) is 26.2 Å². The quantitative estimate of drug-likeness (QED) is 0.0488. The van der Waals surface area contributed by atoms with Crippen LogP contribution in [0.4, 0.5) is 17.1 Å². The third-order valence-corrected chi connectivity index (χ3v) is 13.1. The van der Waals surface area contributed by atoms with Gasteiger partial charge in [-0.3, -0.25) is 29.6 Å². The van der Waals surface area contributed by atoms with Crippen molar-refractivity contribution in [3.8, 4) is 11.5 Å². The van der Waals surface area contributed by atoms with Gasteiger partial charge in [-0.2, -0.15) is 13.0 Å². The first-order valence-corrected chi connectivity index (χ1v) is 22.1. The Morgan fingerprint density at radius 2 is 1.73 bits per heavy atom. The fraction of sp³-hybridized carbons (Fsp3) is 0.444. The van der Waals surface area contributed by atoms with E-state index >= 15 is 0 Å². The molecule has 1 fully saturated rings. The topological polar surface area (TPSA) is 204 Å². The molecule has 4 unspecified atom stereocenters. The maximum absolute atomic E-state index is 14.4. The summed E-state index contributed by atoms with van der Waals surface area (Å²) in [5.41, 5.74) is 5.17. The maximum atomic E-state index is 14.4. The number of nitro benzene ring substituents is 1. The van der Waals surface area contributed by atoms with Gasteiger partial charge in [0.25, 0.3) is 15.8 Å². The molecule has 2 heterocycles. The Hall–Kier alpha value is -5.46. The molecule has 0 spiro atoms. The number of carbonyl (C=O) groups is 2. The lowest BCUT2D eigenvalue weighted by Crippen LogP contribution is -2.61. The highest BCUT2D eigenvalue weighted by Gasteiger charge is 2.51. The number of ether oxygens (including phenoxy) is 2. The first-order valence-electron chi connectivity index (χ1n) is 20.4. The zero-order chi connectivity index (χ0) is 45.5. The number of methoxy groups -OCH3 is 1. The largest absolute Gasteiger partial charge is 0.493 e. The Bertz CT molecular complexity index is 2480. The van der Waals surface area contributed by atoms with Gasteiger partial charge in [-0.1, -0.05) is 56.3 Å². The molecule has 0 saturated heterocycles. The number of ketones is 1. The van der Waals surface area contributed by atoms with E-state index in [4.69, 9.17) is 9.47 Å². The van der Waals surface area contributed by atoms with Crippen LogP contribution in [0, 0.1) is 16.0 Å². The molecular formula is C45H57N6O10S+. The van der Waals surface area contributed by atoms with Crippen molar-refractivity contribution in [3.63, 3.8) is 0 Å². The van der Waals surface area contributed by atoms with Crippen LogP contribution in [-0.2, 0) is 30.5 Å². The number of anilines is 1. The van der Waals surface area contributed by atoms with Crippen molar-refractivity contribution < 1.29 is 46.6 Å². The number of nitrogens with zero attached hydrogens (tertiary/aromatic N) is 4. The highest BCUT2D eigenvalue weighted by molar-refractivity contribution is 7.85. The monoisotopic (exact) mass is 873 g/mol. The standard InChI is InChI=1S/C45H56N6O10S/c1-27(52)28-22-37(60-9)38(25-36(28)51(55)56)61-21-20-48(6)19-18-46-43(54)33(26-62(57,58)59)47-41-29(23-39-44(2,3)31-14-10-12-16-34(31)49(39)7)42(53)30(41)24-40-45(4,5)32-15-11-13-17-35(32)50(40)8/h10-17,22-25,27,29,33,41,47,52H,18-21,26H2,1-9H3,(H-,46,54,57,58,59)/p+1. The Morgan fingerprint density at radius 3 is 2.34 bits per heavy atom. The first kappa shape index (κ1) is 46.1. The van der Waals surface area contributed by atoms with E-state index in [9.17, 15) is 37.8 Å². The molecule has 17 heteroatoms. The van der Waals surface area contributed by atoms with Crippen molar-refractivity contribution in [2.45, 2.75) is 63.6 Å².